The Kier molecular flexibility index (Phi) is 3.23. The van der Waals surface area contributed by atoms with Gasteiger partial charge in [-0.15, -0.1) is 0 Å². The fourth-order valence-corrected chi connectivity index (χ4v) is 2.01. The summed E-state index contributed by atoms with van der Waals surface area (Å²) in [7, 11) is 0. The molecule has 1 aromatic rings. The van der Waals surface area contributed by atoms with Crippen molar-refractivity contribution >= 4 is 5.69 Å². The maximum absolute atomic E-state index is 5.15. The highest BCUT2D eigenvalue weighted by Crippen LogP contribution is 2.23. The van der Waals surface area contributed by atoms with Crippen molar-refractivity contribution in [2.24, 2.45) is 5.90 Å². The lowest BCUT2D eigenvalue weighted by atomic mass is 10.1. The molecule has 0 aliphatic carbocycles. The second-order valence-electron chi connectivity index (χ2n) is 4.06. The van der Waals surface area contributed by atoms with Crippen molar-refractivity contribution in [1.82, 2.24) is 0 Å². The van der Waals surface area contributed by atoms with Crippen LogP contribution in [0.15, 0.2) is 24.3 Å². The summed E-state index contributed by atoms with van der Waals surface area (Å²) in [5.74, 6) is 5.15. The predicted molar refractivity (Wildman–Crippen MR) is 61.6 cm³/mol. The number of rotatable bonds is 3. The number of anilines is 1. The summed E-state index contributed by atoms with van der Waals surface area (Å²) in [4.78, 5) is 7.20. The van der Waals surface area contributed by atoms with E-state index in [1.54, 1.807) is 0 Å². The van der Waals surface area contributed by atoms with Crippen LogP contribution < -0.4 is 10.8 Å². The fourth-order valence-electron chi connectivity index (χ4n) is 2.01. The first-order valence-corrected chi connectivity index (χ1v) is 5.51. The quantitative estimate of drug-likeness (QED) is 0.771. The molecule has 0 spiro atoms. The minimum Gasteiger partial charge on any atom is -0.372 e. The summed E-state index contributed by atoms with van der Waals surface area (Å²) in [6.07, 6.45) is 2.59. The maximum Gasteiger partial charge on any atom is 0.101 e. The molecule has 1 aromatic carbocycles. The fraction of sp³-hybridized carbons (Fsp3) is 0.500. The maximum atomic E-state index is 5.15. The average molecular weight is 206 g/mol. The molecule has 0 bridgehead atoms. The van der Waals surface area contributed by atoms with Gasteiger partial charge in [-0.3, -0.25) is 4.84 Å². The third-order valence-electron chi connectivity index (χ3n) is 3.04. The molecule has 0 amide bonds. The summed E-state index contributed by atoms with van der Waals surface area (Å²) in [6.45, 7) is 4.31. The number of hydrogen-bond acceptors (Lipinski definition) is 3. The summed E-state index contributed by atoms with van der Waals surface area (Å²) < 4.78 is 0. The average Bonchev–Trinajstić information content (AvgIpc) is 2.82. The predicted octanol–water partition coefficient (Wildman–Crippen LogP) is 2.24. The van der Waals surface area contributed by atoms with Gasteiger partial charge in [-0.1, -0.05) is 12.1 Å². The van der Waals surface area contributed by atoms with E-state index in [1.807, 2.05) is 6.92 Å². The van der Waals surface area contributed by atoms with Crippen LogP contribution in [0.5, 0.6) is 0 Å². The molecule has 0 aromatic heterocycles. The van der Waals surface area contributed by atoms with Crippen LogP contribution in [-0.4, -0.2) is 13.1 Å². The Morgan fingerprint density at radius 2 is 1.80 bits per heavy atom. The van der Waals surface area contributed by atoms with Crippen LogP contribution in [0.2, 0.25) is 0 Å². The Morgan fingerprint density at radius 1 is 1.20 bits per heavy atom. The zero-order valence-electron chi connectivity index (χ0n) is 9.15. The second-order valence-corrected chi connectivity index (χ2v) is 4.06. The minimum absolute atomic E-state index is 0.0300. The van der Waals surface area contributed by atoms with Crippen molar-refractivity contribution in [3.05, 3.63) is 29.8 Å². The molecule has 1 aliphatic heterocycles. The molecule has 1 atom stereocenters. The molecule has 1 aliphatic rings. The van der Waals surface area contributed by atoms with Crippen LogP contribution in [0.25, 0.3) is 0 Å². The second kappa shape index (κ2) is 4.64. The number of nitrogens with zero attached hydrogens (tertiary/aromatic N) is 1. The zero-order valence-corrected chi connectivity index (χ0v) is 9.15. The number of benzene rings is 1. The summed E-state index contributed by atoms with van der Waals surface area (Å²) >= 11 is 0. The monoisotopic (exact) mass is 206 g/mol. The van der Waals surface area contributed by atoms with Gasteiger partial charge in [0.05, 0.1) is 0 Å². The van der Waals surface area contributed by atoms with E-state index in [9.17, 15) is 0 Å². The van der Waals surface area contributed by atoms with Crippen LogP contribution in [0.1, 0.15) is 31.4 Å². The molecule has 2 rings (SSSR count). The molecule has 15 heavy (non-hydrogen) atoms. The van der Waals surface area contributed by atoms with Crippen molar-refractivity contribution in [2.45, 2.75) is 25.9 Å². The standard InChI is InChI=1S/C12H18N2O/c1-10(15-13)11-4-6-12(7-5-11)14-8-2-3-9-14/h4-7,10H,2-3,8-9,13H2,1H3. The highest BCUT2D eigenvalue weighted by Gasteiger charge is 2.12. The molecule has 0 radical (unpaired) electrons. The van der Waals surface area contributed by atoms with Crippen LogP contribution in [0.4, 0.5) is 5.69 Å². The van der Waals surface area contributed by atoms with E-state index in [-0.39, 0.29) is 6.10 Å². The first kappa shape index (κ1) is 10.5. The van der Waals surface area contributed by atoms with Crippen LogP contribution >= 0.6 is 0 Å². The molecular formula is C12H18N2O. The lowest BCUT2D eigenvalue weighted by molar-refractivity contribution is 0.0664. The molecule has 3 nitrogen and oxygen atoms in total. The normalized spacial score (nSPS) is 18.1. The molecule has 2 N–H and O–H groups in total. The van der Waals surface area contributed by atoms with E-state index in [0.29, 0.717) is 0 Å². The first-order chi connectivity index (χ1) is 7.31. The van der Waals surface area contributed by atoms with E-state index in [0.717, 1.165) is 5.56 Å². The van der Waals surface area contributed by atoms with Gasteiger partial charge >= 0.3 is 0 Å². The number of nitrogens with two attached hydrogens (primary N) is 1. The van der Waals surface area contributed by atoms with Crippen LogP contribution in [-0.2, 0) is 4.84 Å². The van der Waals surface area contributed by atoms with Gasteiger partial charge in [-0.2, -0.15) is 0 Å². The van der Waals surface area contributed by atoms with Gasteiger partial charge in [0.25, 0.3) is 0 Å². The Balaban J connectivity index is 2.09. The van der Waals surface area contributed by atoms with E-state index < -0.39 is 0 Å². The van der Waals surface area contributed by atoms with Crippen molar-refractivity contribution in [1.29, 1.82) is 0 Å². The minimum atomic E-state index is -0.0300. The van der Waals surface area contributed by atoms with Crippen molar-refractivity contribution in [3.8, 4) is 0 Å². The third kappa shape index (κ3) is 2.30. The Hall–Kier alpha value is -1.06. The van der Waals surface area contributed by atoms with Crippen molar-refractivity contribution < 1.29 is 4.84 Å². The molecular weight excluding hydrogens is 188 g/mol. The summed E-state index contributed by atoms with van der Waals surface area (Å²) in [5, 5.41) is 0. The highest BCUT2D eigenvalue weighted by atomic mass is 16.6. The topological polar surface area (TPSA) is 38.5 Å². The van der Waals surface area contributed by atoms with Crippen LogP contribution in [0, 0.1) is 0 Å². The van der Waals surface area contributed by atoms with Crippen molar-refractivity contribution in [2.75, 3.05) is 18.0 Å². The van der Waals surface area contributed by atoms with E-state index >= 15 is 0 Å². The van der Waals surface area contributed by atoms with Crippen molar-refractivity contribution in [3.63, 3.8) is 0 Å². The first-order valence-electron chi connectivity index (χ1n) is 5.51. The van der Waals surface area contributed by atoms with Gasteiger partial charge in [0, 0.05) is 18.8 Å². The molecule has 1 heterocycles. The van der Waals surface area contributed by atoms with Gasteiger partial charge < -0.3 is 4.90 Å². The van der Waals surface area contributed by atoms with Gasteiger partial charge in [0.2, 0.25) is 0 Å². The smallest absolute Gasteiger partial charge is 0.101 e. The highest BCUT2D eigenvalue weighted by molar-refractivity contribution is 5.48. The Labute approximate surface area is 90.8 Å². The lowest BCUT2D eigenvalue weighted by Crippen LogP contribution is -2.17. The largest absolute Gasteiger partial charge is 0.372 e. The van der Waals surface area contributed by atoms with E-state index in [4.69, 9.17) is 10.7 Å². The van der Waals surface area contributed by atoms with Gasteiger partial charge in [0.1, 0.15) is 6.10 Å². The molecule has 0 saturated carbocycles. The molecule has 82 valence electrons. The van der Waals surface area contributed by atoms with Crippen LogP contribution in [0.3, 0.4) is 0 Å². The van der Waals surface area contributed by atoms with Gasteiger partial charge in [-0.25, -0.2) is 5.90 Å². The Morgan fingerprint density at radius 3 is 2.33 bits per heavy atom. The van der Waals surface area contributed by atoms with Gasteiger partial charge in [0.15, 0.2) is 0 Å². The number of hydrogen-bond donors (Lipinski definition) is 1. The van der Waals surface area contributed by atoms with Gasteiger partial charge in [-0.05, 0) is 37.5 Å². The Bertz CT molecular complexity index is 304. The zero-order chi connectivity index (χ0) is 10.7. The molecule has 3 heteroatoms. The van der Waals surface area contributed by atoms with E-state index in [2.05, 4.69) is 29.2 Å². The molecule has 1 unspecified atom stereocenters. The molecule has 1 saturated heterocycles. The SMILES string of the molecule is CC(ON)c1ccc(N2CCCC2)cc1. The summed E-state index contributed by atoms with van der Waals surface area (Å²) in [5.41, 5.74) is 2.43. The lowest BCUT2D eigenvalue weighted by Gasteiger charge is -2.18. The van der Waals surface area contributed by atoms with E-state index in [1.165, 1.54) is 31.6 Å². The third-order valence-corrected chi connectivity index (χ3v) is 3.04. The summed E-state index contributed by atoms with van der Waals surface area (Å²) in [6, 6.07) is 8.47. The molecule has 1 fully saturated rings.